The highest BCUT2D eigenvalue weighted by atomic mass is 32.1. The van der Waals surface area contributed by atoms with Crippen LogP contribution in [0.4, 0.5) is 0 Å². The molecule has 146 valence electrons. The number of likely N-dealkylation sites (tertiary alicyclic amines) is 1. The van der Waals surface area contributed by atoms with Crippen LogP contribution in [0.25, 0.3) is 22.2 Å². The van der Waals surface area contributed by atoms with Crippen molar-refractivity contribution in [1.82, 2.24) is 15.1 Å². The van der Waals surface area contributed by atoms with Crippen molar-refractivity contribution in [3.63, 3.8) is 0 Å². The molecule has 4 aromatic rings. The molecule has 1 atom stereocenters. The first-order valence-corrected chi connectivity index (χ1v) is 10.8. The number of piperidine rings is 1. The van der Waals surface area contributed by atoms with E-state index in [4.69, 9.17) is 4.42 Å². The summed E-state index contributed by atoms with van der Waals surface area (Å²) in [5, 5.41) is 14.8. The van der Waals surface area contributed by atoms with Crippen molar-refractivity contribution < 1.29 is 9.21 Å². The van der Waals surface area contributed by atoms with Crippen molar-refractivity contribution in [2.75, 3.05) is 13.1 Å². The van der Waals surface area contributed by atoms with Crippen LogP contribution in [0.5, 0.6) is 0 Å². The van der Waals surface area contributed by atoms with Crippen molar-refractivity contribution in [3.8, 4) is 11.5 Å². The number of carbonyl (C=O) groups is 1. The Hall–Kier alpha value is -2.99. The summed E-state index contributed by atoms with van der Waals surface area (Å²) >= 11 is 1.60. The Morgan fingerprint density at radius 2 is 2.03 bits per heavy atom. The number of hydrogen-bond donors (Lipinski definition) is 0. The molecular weight excluding hydrogens is 382 g/mol. The van der Waals surface area contributed by atoms with Crippen LogP contribution in [0, 0.1) is 0 Å². The molecule has 0 saturated carbocycles. The smallest absolute Gasteiger partial charge is 0.248 e. The van der Waals surface area contributed by atoms with Gasteiger partial charge in [-0.1, -0.05) is 42.5 Å². The van der Waals surface area contributed by atoms with Crippen LogP contribution in [0.1, 0.15) is 30.2 Å². The van der Waals surface area contributed by atoms with Gasteiger partial charge in [-0.15, -0.1) is 10.2 Å². The van der Waals surface area contributed by atoms with E-state index in [1.807, 2.05) is 46.0 Å². The van der Waals surface area contributed by atoms with Crippen LogP contribution in [-0.2, 0) is 11.2 Å². The highest BCUT2D eigenvalue weighted by Gasteiger charge is 2.28. The first kappa shape index (κ1) is 18.1. The Bertz CT molecular complexity index is 1130. The molecule has 1 aliphatic heterocycles. The van der Waals surface area contributed by atoms with Gasteiger partial charge < -0.3 is 9.32 Å². The number of aromatic nitrogens is 2. The fourth-order valence-electron chi connectivity index (χ4n) is 4.03. The second-order valence-electron chi connectivity index (χ2n) is 7.45. The standard InChI is InChI=1S/C23H21N3O2S/c27-21(13-17-7-3-6-16-5-1-2-9-20(16)17)26-11-4-8-18(14-26)22-24-25-23(28-22)19-10-12-29-15-19/h1-3,5-7,9-10,12,15,18H,4,8,11,13-14H2. The Balaban J connectivity index is 1.31. The number of rotatable bonds is 4. The van der Waals surface area contributed by atoms with E-state index in [0.717, 1.165) is 35.9 Å². The molecule has 3 heterocycles. The van der Waals surface area contributed by atoms with E-state index < -0.39 is 0 Å². The van der Waals surface area contributed by atoms with Crippen LogP contribution < -0.4 is 0 Å². The van der Waals surface area contributed by atoms with E-state index in [1.165, 1.54) is 5.39 Å². The Labute approximate surface area is 173 Å². The summed E-state index contributed by atoms with van der Waals surface area (Å²) in [5.41, 5.74) is 2.03. The second kappa shape index (κ2) is 7.79. The number of amides is 1. The molecule has 1 amide bonds. The average Bonchev–Trinajstić information content (AvgIpc) is 3.46. The molecule has 0 N–H and O–H groups in total. The van der Waals surface area contributed by atoms with Crippen LogP contribution in [0.3, 0.4) is 0 Å². The van der Waals surface area contributed by atoms with E-state index in [0.29, 0.717) is 24.7 Å². The second-order valence-corrected chi connectivity index (χ2v) is 8.23. The SMILES string of the molecule is O=C(Cc1cccc2ccccc12)N1CCCC(c2nnc(-c3ccsc3)o2)C1. The summed E-state index contributed by atoms with van der Waals surface area (Å²) < 4.78 is 5.92. The Kier molecular flexibility index (Phi) is 4.86. The summed E-state index contributed by atoms with van der Waals surface area (Å²) in [7, 11) is 0. The van der Waals surface area contributed by atoms with E-state index in [1.54, 1.807) is 11.3 Å². The largest absolute Gasteiger partial charge is 0.420 e. The molecule has 2 aromatic carbocycles. The fourth-order valence-corrected chi connectivity index (χ4v) is 4.66. The first-order valence-electron chi connectivity index (χ1n) is 9.88. The topological polar surface area (TPSA) is 59.2 Å². The van der Waals surface area contributed by atoms with Gasteiger partial charge >= 0.3 is 0 Å². The molecule has 29 heavy (non-hydrogen) atoms. The van der Waals surface area contributed by atoms with Crippen LogP contribution in [-0.4, -0.2) is 34.1 Å². The predicted molar refractivity (Wildman–Crippen MR) is 114 cm³/mol. The van der Waals surface area contributed by atoms with Gasteiger partial charge in [-0.3, -0.25) is 4.79 Å². The van der Waals surface area contributed by atoms with Crippen LogP contribution >= 0.6 is 11.3 Å². The monoisotopic (exact) mass is 403 g/mol. The fraction of sp³-hybridized carbons (Fsp3) is 0.261. The van der Waals surface area contributed by atoms with Gasteiger partial charge in [-0.25, -0.2) is 0 Å². The maximum absolute atomic E-state index is 13.0. The van der Waals surface area contributed by atoms with Gasteiger partial charge in [0.15, 0.2) is 0 Å². The molecular formula is C23H21N3O2S. The molecule has 1 fully saturated rings. The van der Waals surface area contributed by atoms with Crippen LogP contribution in [0.2, 0.25) is 0 Å². The minimum Gasteiger partial charge on any atom is -0.420 e. The number of hydrogen-bond acceptors (Lipinski definition) is 5. The Morgan fingerprint density at radius 1 is 1.14 bits per heavy atom. The van der Waals surface area contributed by atoms with E-state index in [2.05, 4.69) is 28.4 Å². The number of fused-ring (bicyclic) bond motifs is 1. The van der Waals surface area contributed by atoms with Gasteiger partial charge in [0.25, 0.3) is 0 Å². The summed E-state index contributed by atoms with van der Waals surface area (Å²) in [4.78, 5) is 15.0. The number of thiophene rings is 1. The molecule has 1 unspecified atom stereocenters. The summed E-state index contributed by atoms with van der Waals surface area (Å²) in [5.74, 6) is 1.44. The Morgan fingerprint density at radius 3 is 2.93 bits per heavy atom. The summed E-state index contributed by atoms with van der Waals surface area (Å²) in [6.07, 6.45) is 2.32. The molecule has 1 aliphatic rings. The number of nitrogens with zero attached hydrogens (tertiary/aromatic N) is 3. The molecule has 6 heteroatoms. The summed E-state index contributed by atoms with van der Waals surface area (Å²) in [6, 6.07) is 16.3. The van der Waals surface area contributed by atoms with Gasteiger partial charge in [0, 0.05) is 24.0 Å². The third-order valence-electron chi connectivity index (χ3n) is 5.55. The van der Waals surface area contributed by atoms with Crippen molar-refractivity contribution >= 4 is 28.0 Å². The number of benzene rings is 2. The number of carbonyl (C=O) groups excluding carboxylic acids is 1. The third-order valence-corrected chi connectivity index (χ3v) is 6.24. The quantitative estimate of drug-likeness (QED) is 0.486. The van der Waals surface area contributed by atoms with Crippen LogP contribution in [0.15, 0.2) is 63.7 Å². The van der Waals surface area contributed by atoms with Gasteiger partial charge in [-0.2, -0.15) is 11.3 Å². The van der Waals surface area contributed by atoms with E-state index >= 15 is 0 Å². The lowest BCUT2D eigenvalue weighted by Gasteiger charge is -2.31. The molecule has 2 aromatic heterocycles. The predicted octanol–water partition coefficient (Wildman–Crippen LogP) is 4.90. The lowest BCUT2D eigenvalue weighted by atomic mass is 9.96. The minimum atomic E-state index is 0.0973. The molecule has 0 bridgehead atoms. The minimum absolute atomic E-state index is 0.0973. The highest BCUT2D eigenvalue weighted by Crippen LogP contribution is 2.29. The molecule has 5 rings (SSSR count). The highest BCUT2D eigenvalue weighted by molar-refractivity contribution is 7.08. The first-order chi connectivity index (χ1) is 14.3. The molecule has 1 saturated heterocycles. The third kappa shape index (κ3) is 3.68. The zero-order valence-electron chi connectivity index (χ0n) is 16.0. The average molecular weight is 404 g/mol. The molecule has 5 nitrogen and oxygen atoms in total. The lowest BCUT2D eigenvalue weighted by Crippen LogP contribution is -2.40. The van der Waals surface area contributed by atoms with E-state index in [9.17, 15) is 4.79 Å². The zero-order valence-corrected chi connectivity index (χ0v) is 16.8. The summed E-state index contributed by atoms with van der Waals surface area (Å²) in [6.45, 7) is 1.42. The van der Waals surface area contributed by atoms with Gasteiger partial charge in [0.2, 0.25) is 17.7 Å². The van der Waals surface area contributed by atoms with Gasteiger partial charge in [-0.05, 0) is 40.6 Å². The maximum Gasteiger partial charge on any atom is 0.248 e. The molecule has 0 spiro atoms. The van der Waals surface area contributed by atoms with Crippen molar-refractivity contribution in [3.05, 3.63) is 70.7 Å². The lowest BCUT2D eigenvalue weighted by molar-refractivity contribution is -0.131. The van der Waals surface area contributed by atoms with Crippen molar-refractivity contribution in [2.45, 2.75) is 25.2 Å². The van der Waals surface area contributed by atoms with Gasteiger partial charge in [0.05, 0.1) is 12.3 Å². The normalized spacial score (nSPS) is 17.0. The molecule has 0 radical (unpaired) electrons. The van der Waals surface area contributed by atoms with Crippen molar-refractivity contribution in [2.24, 2.45) is 0 Å². The maximum atomic E-state index is 13.0. The van der Waals surface area contributed by atoms with Crippen molar-refractivity contribution in [1.29, 1.82) is 0 Å². The van der Waals surface area contributed by atoms with E-state index in [-0.39, 0.29) is 11.8 Å². The molecule has 0 aliphatic carbocycles. The zero-order chi connectivity index (χ0) is 19.6. The van der Waals surface area contributed by atoms with Gasteiger partial charge in [0.1, 0.15) is 0 Å².